The lowest BCUT2D eigenvalue weighted by Gasteiger charge is -1.88. The number of amides is 1. The number of carbonyl (C=O) groups is 1. The van der Waals surface area contributed by atoms with Crippen LogP contribution in [0.2, 0.25) is 0 Å². The van der Waals surface area contributed by atoms with Crippen molar-refractivity contribution in [1.82, 2.24) is 10.4 Å². The van der Waals surface area contributed by atoms with Gasteiger partial charge >= 0.3 is 0 Å². The molecule has 0 heterocycles. The highest BCUT2D eigenvalue weighted by atomic mass is 35.5. The minimum absolute atomic E-state index is 0.204. The van der Waals surface area contributed by atoms with Gasteiger partial charge in [-0.1, -0.05) is 0 Å². The van der Waals surface area contributed by atoms with Crippen molar-refractivity contribution in [3.8, 4) is 0 Å². The molecule has 3 nitrogen and oxygen atoms in total. The molecule has 0 radical (unpaired) electrons. The zero-order valence-electron chi connectivity index (χ0n) is 3.29. The van der Waals surface area contributed by atoms with Crippen LogP contribution in [-0.2, 0) is 4.79 Å². The van der Waals surface area contributed by atoms with E-state index in [9.17, 15) is 4.79 Å². The summed E-state index contributed by atoms with van der Waals surface area (Å²) in [5.41, 5.74) is 2.08. The average molecular weight is 109 g/mol. The molecule has 0 fully saturated rings. The molecule has 0 aliphatic carbocycles. The van der Waals surface area contributed by atoms with Crippen LogP contribution >= 0.6 is 11.8 Å². The van der Waals surface area contributed by atoms with E-state index >= 15 is 0 Å². The van der Waals surface area contributed by atoms with E-state index in [1.54, 1.807) is 0 Å². The summed E-state index contributed by atoms with van der Waals surface area (Å²) in [5.74, 6) is -0.204. The van der Waals surface area contributed by atoms with Crippen molar-refractivity contribution in [3.05, 3.63) is 0 Å². The number of hydrogen-bond donors (Lipinski definition) is 2. The minimum Gasteiger partial charge on any atom is -0.278 e. The molecule has 0 aromatic rings. The van der Waals surface area contributed by atoms with Gasteiger partial charge in [0.05, 0.1) is 0 Å². The largest absolute Gasteiger partial charge is 0.278 e. The number of nitrogens with one attached hydrogen (secondary N) is 2. The van der Waals surface area contributed by atoms with Gasteiger partial charge in [0.15, 0.2) is 0 Å². The van der Waals surface area contributed by atoms with Crippen molar-refractivity contribution in [2.75, 3.05) is 0 Å². The molecule has 0 aromatic heterocycles. The molecule has 0 aliphatic heterocycles. The minimum atomic E-state index is -0.204. The Kier molecular flexibility index (Phi) is 2.80. The van der Waals surface area contributed by atoms with Gasteiger partial charge in [-0.15, -0.1) is 4.94 Å². The van der Waals surface area contributed by atoms with Crippen LogP contribution in [0.3, 0.4) is 0 Å². The average Bonchev–Trinajstić information content (AvgIpc) is 1.35. The first-order chi connectivity index (χ1) is 2.77. The lowest BCUT2D eigenvalue weighted by molar-refractivity contribution is -0.119. The van der Waals surface area contributed by atoms with E-state index in [1.165, 1.54) is 6.92 Å². The standard InChI is InChI=1S/C2H5ClN2O/c1-2(6)4-5-3/h5H,1H3,(H,4,6). The predicted molar refractivity (Wildman–Crippen MR) is 22.8 cm³/mol. The summed E-state index contributed by atoms with van der Waals surface area (Å²) in [6.45, 7) is 1.36. The molecule has 4 heteroatoms. The molecular weight excluding hydrogens is 103 g/mol. The van der Waals surface area contributed by atoms with Crippen LogP contribution in [0.5, 0.6) is 0 Å². The summed E-state index contributed by atoms with van der Waals surface area (Å²) in [6.07, 6.45) is 0. The molecule has 0 bridgehead atoms. The van der Waals surface area contributed by atoms with E-state index in [2.05, 4.69) is 5.43 Å². The van der Waals surface area contributed by atoms with Crippen molar-refractivity contribution >= 4 is 17.7 Å². The summed E-state index contributed by atoms with van der Waals surface area (Å²) in [6, 6.07) is 0. The van der Waals surface area contributed by atoms with Crippen LogP contribution in [-0.4, -0.2) is 5.91 Å². The summed E-state index contributed by atoms with van der Waals surface area (Å²) in [4.78, 5) is 11.7. The molecule has 2 N–H and O–H groups in total. The van der Waals surface area contributed by atoms with E-state index in [0.717, 1.165) is 0 Å². The molecule has 0 saturated carbocycles. The Hall–Kier alpha value is -0.280. The number of carbonyl (C=O) groups excluding carboxylic acids is 1. The molecule has 0 aliphatic rings. The van der Waals surface area contributed by atoms with Gasteiger partial charge in [0.2, 0.25) is 5.91 Å². The molecular formula is C2H5ClN2O. The van der Waals surface area contributed by atoms with Gasteiger partial charge in [-0.2, -0.15) is 0 Å². The second-order valence-corrected chi connectivity index (χ2v) is 0.965. The van der Waals surface area contributed by atoms with E-state index in [0.29, 0.717) is 0 Å². The van der Waals surface area contributed by atoms with Crippen molar-refractivity contribution in [3.63, 3.8) is 0 Å². The zero-order valence-corrected chi connectivity index (χ0v) is 4.04. The van der Waals surface area contributed by atoms with E-state index in [-0.39, 0.29) is 5.91 Å². The van der Waals surface area contributed by atoms with Crippen molar-refractivity contribution in [2.24, 2.45) is 0 Å². The first-order valence-electron chi connectivity index (χ1n) is 1.39. The van der Waals surface area contributed by atoms with Crippen LogP contribution in [0, 0.1) is 0 Å². The van der Waals surface area contributed by atoms with Crippen molar-refractivity contribution in [1.29, 1.82) is 0 Å². The number of hydrogen-bond acceptors (Lipinski definition) is 2. The van der Waals surface area contributed by atoms with Gasteiger partial charge in [0.25, 0.3) is 0 Å². The quantitative estimate of drug-likeness (QED) is 0.360. The molecule has 1 amide bonds. The summed E-state index contributed by atoms with van der Waals surface area (Å²) < 4.78 is 0. The van der Waals surface area contributed by atoms with Crippen LogP contribution in [0.15, 0.2) is 0 Å². The SMILES string of the molecule is CC(=O)NNCl. The first-order valence-corrected chi connectivity index (χ1v) is 1.77. The summed E-state index contributed by atoms with van der Waals surface area (Å²) in [5, 5.41) is 0. The summed E-state index contributed by atoms with van der Waals surface area (Å²) in [7, 11) is 0. The molecule has 0 saturated heterocycles. The molecule has 0 spiro atoms. The highest BCUT2D eigenvalue weighted by Gasteiger charge is 1.79. The Morgan fingerprint density at radius 3 is 2.33 bits per heavy atom. The van der Waals surface area contributed by atoms with Gasteiger partial charge in [-0.25, -0.2) is 0 Å². The first kappa shape index (κ1) is 5.72. The smallest absolute Gasteiger partial charge is 0.231 e. The van der Waals surface area contributed by atoms with E-state index < -0.39 is 0 Å². The van der Waals surface area contributed by atoms with E-state index in [4.69, 9.17) is 11.8 Å². The molecule has 0 atom stereocenters. The van der Waals surface area contributed by atoms with Gasteiger partial charge in [0.1, 0.15) is 0 Å². The Bertz CT molecular complexity index is 55.5. The van der Waals surface area contributed by atoms with E-state index in [1.807, 2.05) is 4.94 Å². The Morgan fingerprint density at radius 1 is 1.83 bits per heavy atom. The third-order valence-electron chi connectivity index (χ3n) is 0.223. The Balaban J connectivity index is 2.83. The fraction of sp³-hybridized carbons (Fsp3) is 0.500. The molecule has 36 valence electrons. The second kappa shape index (κ2) is 2.93. The van der Waals surface area contributed by atoms with Gasteiger partial charge < -0.3 is 0 Å². The fourth-order valence-corrected chi connectivity index (χ4v) is 0.200. The highest BCUT2D eigenvalue weighted by Crippen LogP contribution is 1.53. The molecule has 0 rings (SSSR count). The van der Waals surface area contributed by atoms with Crippen LogP contribution in [0.1, 0.15) is 6.92 Å². The zero-order chi connectivity index (χ0) is 4.99. The maximum atomic E-state index is 9.79. The normalized spacial score (nSPS) is 7.67. The monoisotopic (exact) mass is 108 g/mol. The van der Waals surface area contributed by atoms with Crippen LogP contribution in [0.4, 0.5) is 0 Å². The predicted octanol–water partition coefficient (Wildman–Crippen LogP) is -0.219. The Labute approximate surface area is 40.8 Å². The van der Waals surface area contributed by atoms with Crippen LogP contribution in [0.25, 0.3) is 0 Å². The third kappa shape index (κ3) is 3.72. The van der Waals surface area contributed by atoms with Gasteiger partial charge in [-0.05, 0) is 11.8 Å². The third-order valence-corrected chi connectivity index (χ3v) is 0.318. The van der Waals surface area contributed by atoms with Gasteiger partial charge in [0, 0.05) is 6.92 Å². The fourth-order valence-electron chi connectivity index (χ4n) is 0.0665. The second-order valence-electron chi connectivity index (χ2n) is 0.776. The number of halogens is 1. The maximum absolute atomic E-state index is 9.79. The van der Waals surface area contributed by atoms with Crippen LogP contribution < -0.4 is 10.4 Å². The van der Waals surface area contributed by atoms with Gasteiger partial charge in [-0.3, -0.25) is 10.2 Å². The molecule has 0 unspecified atom stereocenters. The topological polar surface area (TPSA) is 41.1 Å². The number of rotatable bonds is 1. The maximum Gasteiger partial charge on any atom is 0.231 e. The molecule has 0 aromatic carbocycles. The number of hydrazine groups is 1. The van der Waals surface area contributed by atoms with Crippen molar-refractivity contribution in [2.45, 2.75) is 6.92 Å². The lowest BCUT2D eigenvalue weighted by atomic mass is 10.8. The summed E-state index contributed by atoms with van der Waals surface area (Å²) >= 11 is 4.81. The molecule has 6 heavy (non-hydrogen) atoms. The van der Waals surface area contributed by atoms with Crippen molar-refractivity contribution < 1.29 is 4.79 Å². The Morgan fingerprint density at radius 2 is 2.33 bits per heavy atom. The lowest BCUT2D eigenvalue weighted by Crippen LogP contribution is -2.27. The highest BCUT2D eigenvalue weighted by molar-refractivity contribution is 6.13.